The molecule has 1 aromatic carbocycles. The molecule has 1 N–H and O–H groups in total. The van der Waals surface area contributed by atoms with Gasteiger partial charge in [0, 0.05) is 10.3 Å². The Morgan fingerprint density at radius 2 is 2.35 bits per heavy atom. The molecule has 0 saturated heterocycles. The molecule has 4 rings (SSSR count). The van der Waals surface area contributed by atoms with E-state index in [9.17, 15) is 4.79 Å². The average molecular weight is 344 g/mol. The number of rotatable bonds is 2. The summed E-state index contributed by atoms with van der Waals surface area (Å²) < 4.78 is 1.10. The van der Waals surface area contributed by atoms with Gasteiger partial charge in [-0.3, -0.25) is 4.98 Å². The van der Waals surface area contributed by atoms with Crippen molar-refractivity contribution in [2.24, 2.45) is 0 Å². The fourth-order valence-electron chi connectivity index (χ4n) is 2.83. The number of hydrogen-bond acceptors (Lipinski definition) is 5. The zero-order valence-corrected chi connectivity index (χ0v) is 13.4. The van der Waals surface area contributed by atoms with Crippen LogP contribution >= 0.6 is 23.4 Å². The third-order valence-corrected chi connectivity index (χ3v) is 5.44. The van der Waals surface area contributed by atoms with Crippen LogP contribution in [0.3, 0.4) is 0 Å². The zero-order chi connectivity index (χ0) is 16.0. The fraction of sp³-hybridized carbons (Fsp3) is 0.200. The second kappa shape index (κ2) is 5.41. The Kier molecular flexibility index (Phi) is 3.36. The van der Waals surface area contributed by atoms with Crippen molar-refractivity contribution in [3.8, 4) is 6.07 Å². The number of nitrogens with one attached hydrogen (secondary N) is 1. The first-order valence-corrected chi connectivity index (χ1v) is 8.25. The lowest BCUT2D eigenvalue weighted by atomic mass is 10.1. The van der Waals surface area contributed by atoms with Crippen LogP contribution in [0.5, 0.6) is 0 Å². The highest BCUT2D eigenvalue weighted by Gasteiger charge is 2.26. The maximum Gasteiger partial charge on any atom is 0.350 e. The van der Waals surface area contributed by atoms with Crippen molar-refractivity contribution >= 4 is 29.0 Å². The van der Waals surface area contributed by atoms with Crippen LogP contribution in [0.15, 0.2) is 34.3 Å². The number of aromatic nitrogens is 4. The van der Waals surface area contributed by atoms with Gasteiger partial charge in [-0.25, -0.2) is 9.78 Å². The number of aromatic amines is 1. The molecule has 1 aliphatic rings. The molecule has 3 aromatic rings. The summed E-state index contributed by atoms with van der Waals surface area (Å²) in [7, 11) is 0. The Morgan fingerprint density at radius 3 is 3.17 bits per heavy atom. The van der Waals surface area contributed by atoms with Gasteiger partial charge in [-0.05, 0) is 30.0 Å². The van der Waals surface area contributed by atoms with Gasteiger partial charge in [0.25, 0.3) is 0 Å². The minimum absolute atomic E-state index is 0.183. The number of nitriles is 1. The van der Waals surface area contributed by atoms with E-state index in [4.69, 9.17) is 16.9 Å². The van der Waals surface area contributed by atoms with Crippen molar-refractivity contribution in [1.82, 2.24) is 19.6 Å². The number of H-pyrrole nitrogens is 1. The molecule has 0 radical (unpaired) electrons. The Labute approximate surface area is 140 Å². The van der Waals surface area contributed by atoms with Gasteiger partial charge < -0.3 is 0 Å². The van der Waals surface area contributed by atoms with Gasteiger partial charge in [0.2, 0.25) is 0 Å². The van der Waals surface area contributed by atoms with E-state index in [0.717, 1.165) is 27.9 Å². The molecule has 8 heteroatoms. The van der Waals surface area contributed by atoms with Gasteiger partial charge in [0.1, 0.15) is 11.6 Å². The van der Waals surface area contributed by atoms with E-state index in [1.807, 2.05) is 18.2 Å². The van der Waals surface area contributed by atoms with Crippen LogP contribution in [0.25, 0.3) is 5.65 Å². The minimum Gasteiger partial charge on any atom is -0.285 e. The van der Waals surface area contributed by atoms with E-state index in [-0.39, 0.29) is 16.5 Å². The lowest BCUT2D eigenvalue weighted by Gasteiger charge is -2.10. The molecule has 0 fully saturated rings. The lowest BCUT2D eigenvalue weighted by molar-refractivity contribution is 0.781. The summed E-state index contributed by atoms with van der Waals surface area (Å²) in [4.78, 5) is 19.2. The Bertz CT molecular complexity index is 1020. The van der Waals surface area contributed by atoms with Crippen LogP contribution < -0.4 is 5.69 Å². The quantitative estimate of drug-likeness (QED) is 0.773. The zero-order valence-electron chi connectivity index (χ0n) is 11.8. The molecule has 6 nitrogen and oxygen atoms in total. The molecule has 0 spiro atoms. The lowest BCUT2D eigenvalue weighted by Crippen LogP contribution is -2.19. The van der Waals surface area contributed by atoms with Crippen LogP contribution in [0.4, 0.5) is 0 Å². The highest BCUT2D eigenvalue weighted by molar-refractivity contribution is 7.99. The molecule has 0 amide bonds. The molecular formula is C15H10ClN5OS. The fourth-order valence-corrected chi connectivity index (χ4v) is 4.25. The molecule has 2 heterocycles. The standard InChI is InChI=1S/C15H10ClN5OS/c16-11-3-1-2-10-9(11)4-5-12(10)23-14-19-13-8(6-17)7-18-21(13)15(22)20-14/h1-3,7,12H,4-5H2,(H,19,20,22). The van der Waals surface area contributed by atoms with Gasteiger partial charge in [0.05, 0.1) is 6.20 Å². The van der Waals surface area contributed by atoms with Crippen molar-refractivity contribution in [2.75, 3.05) is 0 Å². The maximum atomic E-state index is 12.1. The third-order valence-electron chi connectivity index (χ3n) is 3.89. The van der Waals surface area contributed by atoms with Crippen molar-refractivity contribution in [3.63, 3.8) is 0 Å². The van der Waals surface area contributed by atoms with E-state index in [0.29, 0.717) is 5.16 Å². The van der Waals surface area contributed by atoms with E-state index in [2.05, 4.69) is 21.1 Å². The van der Waals surface area contributed by atoms with Crippen molar-refractivity contribution < 1.29 is 0 Å². The Hall–Kier alpha value is -2.30. The summed E-state index contributed by atoms with van der Waals surface area (Å²) in [6.07, 6.45) is 3.19. The predicted molar refractivity (Wildman–Crippen MR) is 86.7 cm³/mol. The first kappa shape index (κ1) is 14.3. The van der Waals surface area contributed by atoms with Crippen LogP contribution in [0.1, 0.15) is 28.4 Å². The summed E-state index contributed by atoms with van der Waals surface area (Å²) in [5.74, 6) is 0. The van der Waals surface area contributed by atoms with Crippen LogP contribution in [0.2, 0.25) is 5.02 Å². The summed E-state index contributed by atoms with van der Waals surface area (Å²) in [6, 6.07) is 7.88. The molecule has 114 valence electrons. The Balaban J connectivity index is 1.74. The van der Waals surface area contributed by atoms with Gasteiger partial charge in [-0.15, -0.1) is 0 Å². The summed E-state index contributed by atoms with van der Waals surface area (Å²) in [5.41, 5.74) is 2.51. The third kappa shape index (κ3) is 2.31. The van der Waals surface area contributed by atoms with Gasteiger partial charge >= 0.3 is 5.69 Å². The van der Waals surface area contributed by atoms with E-state index in [1.165, 1.54) is 23.5 Å². The summed E-state index contributed by atoms with van der Waals surface area (Å²) in [6.45, 7) is 0. The molecule has 0 saturated carbocycles. The average Bonchev–Trinajstić information content (AvgIpc) is 3.13. The van der Waals surface area contributed by atoms with E-state index in [1.54, 1.807) is 0 Å². The van der Waals surface area contributed by atoms with Crippen molar-refractivity contribution in [1.29, 1.82) is 5.26 Å². The maximum absolute atomic E-state index is 12.1. The predicted octanol–water partition coefficient (Wildman–Crippen LogP) is 2.72. The molecule has 1 atom stereocenters. The van der Waals surface area contributed by atoms with E-state index >= 15 is 0 Å². The molecule has 1 aliphatic carbocycles. The second-order valence-corrected chi connectivity index (χ2v) is 6.80. The molecular weight excluding hydrogens is 334 g/mol. The molecule has 1 unspecified atom stereocenters. The summed E-state index contributed by atoms with van der Waals surface area (Å²) in [5, 5.41) is 14.4. The van der Waals surface area contributed by atoms with E-state index < -0.39 is 5.69 Å². The monoisotopic (exact) mass is 343 g/mol. The highest BCUT2D eigenvalue weighted by Crippen LogP contribution is 2.45. The van der Waals surface area contributed by atoms with Gasteiger partial charge in [0.15, 0.2) is 10.8 Å². The van der Waals surface area contributed by atoms with Gasteiger partial charge in [-0.1, -0.05) is 35.5 Å². The molecule has 0 bridgehead atoms. The molecule has 0 aliphatic heterocycles. The highest BCUT2D eigenvalue weighted by atomic mass is 35.5. The number of nitrogens with zero attached hydrogens (tertiary/aromatic N) is 4. The second-order valence-electron chi connectivity index (χ2n) is 5.21. The number of benzene rings is 1. The van der Waals surface area contributed by atoms with Crippen molar-refractivity contribution in [2.45, 2.75) is 23.2 Å². The smallest absolute Gasteiger partial charge is 0.285 e. The van der Waals surface area contributed by atoms with Crippen LogP contribution in [-0.2, 0) is 6.42 Å². The SMILES string of the molecule is N#Cc1cnn2c(=O)[nH]c(SC3CCc4c(Cl)cccc43)nc12. The Morgan fingerprint density at radius 1 is 1.48 bits per heavy atom. The first-order chi connectivity index (χ1) is 11.2. The summed E-state index contributed by atoms with van der Waals surface area (Å²) >= 11 is 7.71. The number of fused-ring (bicyclic) bond motifs is 2. The number of halogens is 1. The van der Waals surface area contributed by atoms with Crippen LogP contribution in [-0.4, -0.2) is 19.6 Å². The molecule has 2 aromatic heterocycles. The largest absolute Gasteiger partial charge is 0.350 e. The van der Waals surface area contributed by atoms with Gasteiger partial charge in [-0.2, -0.15) is 14.9 Å². The number of thioether (sulfide) groups is 1. The minimum atomic E-state index is -0.400. The number of hydrogen-bond donors (Lipinski definition) is 1. The molecule has 23 heavy (non-hydrogen) atoms. The van der Waals surface area contributed by atoms with Crippen molar-refractivity contribution in [3.05, 3.63) is 56.6 Å². The normalized spacial score (nSPS) is 16.4. The topological polar surface area (TPSA) is 86.8 Å². The van der Waals surface area contributed by atoms with Crippen LogP contribution in [0, 0.1) is 11.3 Å². The first-order valence-electron chi connectivity index (χ1n) is 6.99.